The highest BCUT2D eigenvalue weighted by Gasteiger charge is 2.35. The number of hydrogen-bond acceptors (Lipinski definition) is 1. The van der Waals surface area contributed by atoms with Crippen LogP contribution in [0.1, 0.15) is 25.0 Å². The third kappa shape index (κ3) is 4.47. The van der Waals surface area contributed by atoms with Gasteiger partial charge in [0.2, 0.25) is 0 Å². The molecule has 0 atom stereocenters. The molecule has 0 N–H and O–H groups in total. The maximum atomic E-state index is 2.47. The normalized spacial score (nSPS) is 13.3. The predicted octanol–water partition coefficient (Wildman–Crippen LogP) is 16.0. The molecule has 11 aromatic rings. The zero-order valence-electron chi connectivity index (χ0n) is 31.2. The van der Waals surface area contributed by atoms with E-state index in [1.54, 1.807) is 0 Å². The van der Waals surface area contributed by atoms with E-state index in [1.165, 1.54) is 119 Å². The first kappa shape index (κ1) is 31.8. The van der Waals surface area contributed by atoms with E-state index in [0.717, 1.165) is 0 Å². The van der Waals surface area contributed by atoms with E-state index in [-0.39, 0.29) is 5.41 Å². The molecule has 0 radical (unpaired) electrons. The van der Waals surface area contributed by atoms with Crippen molar-refractivity contribution in [2.75, 3.05) is 0 Å². The predicted molar refractivity (Wildman–Crippen MR) is 243 cm³/mol. The average Bonchev–Trinajstić information content (AvgIpc) is 3.73. The fourth-order valence-electron chi connectivity index (χ4n) is 9.94. The highest BCUT2D eigenvalue weighted by atomic mass is 32.1. The van der Waals surface area contributed by atoms with Gasteiger partial charge < -0.3 is 0 Å². The summed E-state index contributed by atoms with van der Waals surface area (Å²) in [6.07, 6.45) is 0. The van der Waals surface area contributed by atoms with E-state index in [1.807, 2.05) is 11.3 Å². The fraction of sp³-hybridized carbons (Fsp3) is 0.0545. The Morgan fingerprint density at radius 1 is 0.339 bits per heavy atom. The Bertz CT molecular complexity index is 3370. The molecule has 0 aliphatic heterocycles. The number of rotatable bonds is 3. The van der Waals surface area contributed by atoms with Crippen LogP contribution < -0.4 is 0 Å². The lowest BCUT2D eigenvalue weighted by atomic mass is 9.82. The summed E-state index contributed by atoms with van der Waals surface area (Å²) in [6.45, 7) is 4.74. The number of fused-ring (bicyclic) bond motifs is 11. The summed E-state index contributed by atoms with van der Waals surface area (Å²) in [4.78, 5) is 0. The lowest BCUT2D eigenvalue weighted by Crippen LogP contribution is -2.14. The molecule has 1 heterocycles. The Morgan fingerprint density at radius 3 is 1.70 bits per heavy atom. The highest BCUT2D eigenvalue weighted by Crippen LogP contribution is 2.52. The van der Waals surface area contributed by atoms with Crippen molar-refractivity contribution >= 4 is 74.6 Å². The second-order valence-corrected chi connectivity index (χ2v) is 17.0. The van der Waals surface area contributed by atoms with Crippen LogP contribution in [-0.4, -0.2) is 0 Å². The quantitative estimate of drug-likeness (QED) is 0.159. The van der Waals surface area contributed by atoms with Crippen molar-refractivity contribution in [1.82, 2.24) is 0 Å². The van der Waals surface area contributed by atoms with Crippen LogP contribution in [0.25, 0.3) is 108 Å². The van der Waals surface area contributed by atoms with Gasteiger partial charge in [-0.05, 0) is 117 Å². The largest absolute Gasteiger partial charge is 0.135 e. The maximum absolute atomic E-state index is 2.47. The fourth-order valence-corrected chi connectivity index (χ4v) is 11.2. The number of thiophene rings is 1. The van der Waals surface area contributed by atoms with Gasteiger partial charge in [-0.1, -0.05) is 178 Å². The molecule has 1 aliphatic rings. The minimum atomic E-state index is 0.00392. The summed E-state index contributed by atoms with van der Waals surface area (Å²) in [7, 11) is 0. The molecule has 10 aromatic carbocycles. The van der Waals surface area contributed by atoms with Crippen LogP contribution in [0.5, 0.6) is 0 Å². The molecule has 0 saturated heterocycles. The Kier molecular flexibility index (Phi) is 6.66. The minimum Gasteiger partial charge on any atom is -0.135 e. The standard InChI is InChI=1S/C55H36S/c1-55(2)49-21-10-9-15-40(49)47-31-48-46-29-27-37-30-36(26-28-39(37)54(46)56-51(48)32-50(47)55)33-22-24-35(25-23-33)52-42-16-5-7-18-44(42)53(45-19-8-6-17-43(45)52)41-20-11-13-34-12-3-4-14-38(34)41/h3-32H,1-2H3. The molecule has 1 aromatic heterocycles. The van der Waals surface area contributed by atoms with Crippen LogP contribution >= 0.6 is 11.3 Å². The van der Waals surface area contributed by atoms with E-state index in [9.17, 15) is 0 Å². The molecule has 0 bridgehead atoms. The Labute approximate surface area is 329 Å². The first-order chi connectivity index (χ1) is 27.5. The van der Waals surface area contributed by atoms with Gasteiger partial charge in [-0.2, -0.15) is 0 Å². The molecule has 0 saturated carbocycles. The summed E-state index contributed by atoms with van der Waals surface area (Å²) in [5.41, 5.74) is 13.2. The molecular formula is C55H36S. The van der Waals surface area contributed by atoms with Crippen LogP contribution in [0.4, 0.5) is 0 Å². The van der Waals surface area contributed by atoms with Crippen molar-refractivity contribution in [3.63, 3.8) is 0 Å². The van der Waals surface area contributed by atoms with E-state index < -0.39 is 0 Å². The molecular weight excluding hydrogens is 693 g/mol. The smallest absolute Gasteiger partial charge is 0.0433 e. The third-order valence-corrected chi connectivity index (χ3v) is 13.9. The first-order valence-electron chi connectivity index (χ1n) is 19.6. The van der Waals surface area contributed by atoms with Crippen LogP contribution in [0.2, 0.25) is 0 Å². The molecule has 0 amide bonds. The minimum absolute atomic E-state index is 0.00392. The topological polar surface area (TPSA) is 0 Å². The van der Waals surface area contributed by atoms with E-state index in [0.29, 0.717) is 0 Å². The van der Waals surface area contributed by atoms with Crippen molar-refractivity contribution in [3.05, 3.63) is 193 Å². The molecule has 1 heteroatoms. The third-order valence-electron chi connectivity index (χ3n) is 12.7. The van der Waals surface area contributed by atoms with Gasteiger partial charge in [-0.15, -0.1) is 11.3 Å². The highest BCUT2D eigenvalue weighted by molar-refractivity contribution is 7.26. The van der Waals surface area contributed by atoms with Crippen LogP contribution in [0.3, 0.4) is 0 Å². The zero-order valence-corrected chi connectivity index (χ0v) is 32.0. The maximum Gasteiger partial charge on any atom is 0.0433 e. The van der Waals surface area contributed by atoms with Gasteiger partial charge in [0.25, 0.3) is 0 Å². The van der Waals surface area contributed by atoms with Gasteiger partial charge in [-0.25, -0.2) is 0 Å². The monoisotopic (exact) mass is 728 g/mol. The Hall–Kier alpha value is -6.54. The molecule has 0 fully saturated rings. The van der Waals surface area contributed by atoms with Gasteiger partial charge in [0.15, 0.2) is 0 Å². The van der Waals surface area contributed by atoms with Crippen LogP contribution in [0, 0.1) is 0 Å². The Balaban J connectivity index is 0.964. The summed E-state index contributed by atoms with van der Waals surface area (Å²) in [5, 5.41) is 13.0. The van der Waals surface area contributed by atoms with E-state index >= 15 is 0 Å². The van der Waals surface area contributed by atoms with Crippen LogP contribution in [-0.2, 0) is 5.41 Å². The van der Waals surface area contributed by atoms with E-state index in [4.69, 9.17) is 0 Å². The molecule has 12 rings (SSSR count). The van der Waals surface area contributed by atoms with Crippen molar-refractivity contribution in [1.29, 1.82) is 0 Å². The van der Waals surface area contributed by atoms with Crippen molar-refractivity contribution in [3.8, 4) is 44.5 Å². The van der Waals surface area contributed by atoms with Gasteiger partial charge in [0.1, 0.15) is 0 Å². The zero-order chi connectivity index (χ0) is 37.1. The van der Waals surface area contributed by atoms with E-state index in [2.05, 4.69) is 196 Å². The van der Waals surface area contributed by atoms with Gasteiger partial charge in [0, 0.05) is 25.6 Å². The molecule has 0 nitrogen and oxygen atoms in total. The summed E-state index contributed by atoms with van der Waals surface area (Å²) >= 11 is 1.94. The van der Waals surface area contributed by atoms with Gasteiger partial charge >= 0.3 is 0 Å². The van der Waals surface area contributed by atoms with Crippen molar-refractivity contribution < 1.29 is 0 Å². The first-order valence-corrected chi connectivity index (χ1v) is 20.4. The van der Waals surface area contributed by atoms with Gasteiger partial charge in [0.05, 0.1) is 0 Å². The number of hydrogen-bond donors (Lipinski definition) is 0. The summed E-state index contributed by atoms with van der Waals surface area (Å²) in [6, 6.07) is 68.1. The second-order valence-electron chi connectivity index (χ2n) is 16.0. The molecule has 0 unspecified atom stereocenters. The van der Waals surface area contributed by atoms with Crippen molar-refractivity contribution in [2.45, 2.75) is 19.3 Å². The lowest BCUT2D eigenvalue weighted by Gasteiger charge is -2.21. The lowest BCUT2D eigenvalue weighted by molar-refractivity contribution is 0.661. The molecule has 262 valence electrons. The SMILES string of the molecule is CC1(C)c2ccccc2-c2cc3c(cc21)sc1c2ccc(-c4ccc(-c5c6ccccc6c(-c6cccc7ccccc67)c6ccccc56)cc4)cc2ccc31. The molecule has 1 aliphatic carbocycles. The summed E-state index contributed by atoms with van der Waals surface area (Å²) in [5.74, 6) is 0. The summed E-state index contributed by atoms with van der Waals surface area (Å²) < 4.78 is 2.75. The number of benzene rings is 10. The molecule has 56 heavy (non-hydrogen) atoms. The second kappa shape index (κ2) is 11.7. The van der Waals surface area contributed by atoms with Gasteiger partial charge in [-0.3, -0.25) is 0 Å². The van der Waals surface area contributed by atoms with Crippen molar-refractivity contribution in [2.24, 2.45) is 0 Å². The Morgan fingerprint density at radius 2 is 0.929 bits per heavy atom. The molecule has 0 spiro atoms. The average molecular weight is 729 g/mol. The van der Waals surface area contributed by atoms with Crippen LogP contribution in [0.15, 0.2) is 182 Å².